The molecule has 2 aromatic rings. The van der Waals surface area contributed by atoms with Crippen LogP contribution in [0.1, 0.15) is 36.3 Å². The smallest absolute Gasteiger partial charge is 0.128 e. The van der Waals surface area contributed by atoms with E-state index in [4.69, 9.17) is 5.73 Å². The third-order valence-corrected chi connectivity index (χ3v) is 3.69. The largest absolute Gasteiger partial charge is 0.326 e. The van der Waals surface area contributed by atoms with Crippen LogP contribution in [0.15, 0.2) is 30.6 Å². The minimum atomic E-state index is -0.220. The van der Waals surface area contributed by atoms with Crippen molar-refractivity contribution in [3.8, 4) is 0 Å². The van der Waals surface area contributed by atoms with Crippen molar-refractivity contribution in [3.05, 3.63) is 53.4 Å². The number of hydrogen-bond acceptors (Lipinski definition) is 2. The predicted molar refractivity (Wildman–Crippen MR) is 74.5 cm³/mol. The van der Waals surface area contributed by atoms with E-state index in [1.54, 1.807) is 18.5 Å². The summed E-state index contributed by atoms with van der Waals surface area (Å²) < 4.78 is 16.0. The molecule has 2 N–H and O–H groups in total. The Morgan fingerprint density at radius 2 is 2.00 bits per heavy atom. The molecule has 0 saturated heterocycles. The summed E-state index contributed by atoms with van der Waals surface area (Å²) in [6.45, 7) is 5.94. The van der Waals surface area contributed by atoms with Gasteiger partial charge < -0.3 is 10.3 Å². The standard InChI is InChI=1S/C15H20FN3/c1-4-14(17)15(12-7-5-6-8-13(12)16)19-9-18-10(2)11(19)3/h5-9,14-15H,4,17H2,1-3H3. The van der Waals surface area contributed by atoms with Gasteiger partial charge >= 0.3 is 0 Å². The van der Waals surface area contributed by atoms with Crippen molar-refractivity contribution in [3.63, 3.8) is 0 Å². The average Bonchev–Trinajstić information content (AvgIpc) is 2.73. The molecule has 0 saturated carbocycles. The summed E-state index contributed by atoms with van der Waals surface area (Å²) in [6, 6.07) is 6.44. The predicted octanol–water partition coefficient (Wildman–Crippen LogP) is 2.97. The number of nitrogens with two attached hydrogens (primary N) is 1. The van der Waals surface area contributed by atoms with Gasteiger partial charge in [-0.25, -0.2) is 9.37 Å². The van der Waals surface area contributed by atoms with E-state index >= 15 is 0 Å². The Hall–Kier alpha value is -1.68. The highest BCUT2D eigenvalue weighted by atomic mass is 19.1. The van der Waals surface area contributed by atoms with Crippen LogP contribution in [0, 0.1) is 19.7 Å². The van der Waals surface area contributed by atoms with E-state index < -0.39 is 0 Å². The Balaban J connectivity index is 2.54. The summed E-state index contributed by atoms with van der Waals surface area (Å²) in [7, 11) is 0. The fourth-order valence-corrected chi connectivity index (χ4v) is 2.32. The van der Waals surface area contributed by atoms with E-state index in [0.29, 0.717) is 5.56 Å². The zero-order chi connectivity index (χ0) is 14.0. The van der Waals surface area contributed by atoms with Gasteiger partial charge in [0.1, 0.15) is 5.82 Å². The second kappa shape index (κ2) is 5.53. The van der Waals surface area contributed by atoms with Gasteiger partial charge in [0.2, 0.25) is 0 Å². The van der Waals surface area contributed by atoms with E-state index in [1.807, 2.05) is 31.4 Å². The first-order chi connectivity index (χ1) is 9.06. The third kappa shape index (κ3) is 2.54. The van der Waals surface area contributed by atoms with Gasteiger partial charge in [0.05, 0.1) is 18.1 Å². The molecule has 1 heterocycles. The number of rotatable bonds is 4. The topological polar surface area (TPSA) is 43.8 Å². The molecule has 0 aliphatic rings. The van der Waals surface area contributed by atoms with Gasteiger partial charge in [-0.3, -0.25) is 0 Å². The number of nitrogens with zero attached hydrogens (tertiary/aromatic N) is 2. The van der Waals surface area contributed by atoms with Gasteiger partial charge in [-0.15, -0.1) is 0 Å². The molecule has 0 radical (unpaired) electrons. The molecule has 0 amide bonds. The van der Waals surface area contributed by atoms with E-state index in [0.717, 1.165) is 17.8 Å². The molecule has 19 heavy (non-hydrogen) atoms. The van der Waals surface area contributed by atoms with Gasteiger partial charge in [0.15, 0.2) is 0 Å². The summed E-state index contributed by atoms with van der Waals surface area (Å²) in [5.41, 5.74) is 8.81. The van der Waals surface area contributed by atoms with Gasteiger partial charge in [0, 0.05) is 17.3 Å². The maximum absolute atomic E-state index is 14.1. The van der Waals surface area contributed by atoms with Crippen molar-refractivity contribution >= 4 is 0 Å². The number of aromatic nitrogens is 2. The van der Waals surface area contributed by atoms with E-state index in [9.17, 15) is 4.39 Å². The van der Waals surface area contributed by atoms with E-state index in [2.05, 4.69) is 4.98 Å². The van der Waals surface area contributed by atoms with Crippen molar-refractivity contribution in [2.45, 2.75) is 39.3 Å². The van der Waals surface area contributed by atoms with E-state index in [-0.39, 0.29) is 17.9 Å². The molecule has 2 unspecified atom stereocenters. The lowest BCUT2D eigenvalue weighted by Gasteiger charge is -2.26. The Morgan fingerprint density at radius 1 is 1.32 bits per heavy atom. The second-order valence-electron chi connectivity index (χ2n) is 4.86. The molecule has 3 nitrogen and oxygen atoms in total. The maximum Gasteiger partial charge on any atom is 0.128 e. The van der Waals surface area contributed by atoms with Crippen molar-refractivity contribution in [1.29, 1.82) is 0 Å². The molecule has 4 heteroatoms. The minimum absolute atomic E-state index is 0.149. The lowest BCUT2D eigenvalue weighted by atomic mass is 9.97. The van der Waals surface area contributed by atoms with Crippen LogP contribution in [0.5, 0.6) is 0 Å². The number of aryl methyl sites for hydroxylation is 1. The van der Waals surface area contributed by atoms with Crippen LogP contribution in [0.25, 0.3) is 0 Å². The van der Waals surface area contributed by atoms with Crippen molar-refractivity contribution < 1.29 is 4.39 Å². The van der Waals surface area contributed by atoms with Crippen molar-refractivity contribution in [1.82, 2.24) is 9.55 Å². The highest BCUT2D eigenvalue weighted by Gasteiger charge is 2.24. The Morgan fingerprint density at radius 3 is 2.53 bits per heavy atom. The lowest BCUT2D eigenvalue weighted by molar-refractivity contribution is 0.433. The first-order valence-electron chi connectivity index (χ1n) is 6.56. The molecule has 0 aliphatic carbocycles. The molecule has 0 aliphatic heterocycles. The molecule has 2 atom stereocenters. The highest BCUT2D eigenvalue weighted by molar-refractivity contribution is 5.26. The molecule has 2 rings (SSSR count). The van der Waals surface area contributed by atoms with Crippen LogP contribution in [-0.4, -0.2) is 15.6 Å². The molecule has 0 spiro atoms. The first kappa shape index (κ1) is 13.7. The van der Waals surface area contributed by atoms with Crippen LogP contribution in [0.3, 0.4) is 0 Å². The minimum Gasteiger partial charge on any atom is -0.326 e. The Labute approximate surface area is 113 Å². The maximum atomic E-state index is 14.1. The quantitative estimate of drug-likeness (QED) is 0.919. The Kier molecular flexibility index (Phi) is 4.00. The monoisotopic (exact) mass is 261 g/mol. The van der Waals surface area contributed by atoms with Gasteiger partial charge in [-0.05, 0) is 26.3 Å². The fourth-order valence-electron chi connectivity index (χ4n) is 2.32. The zero-order valence-corrected chi connectivity index (χ0v) is 11.6. The molecule has 1 aromatic carbocycles. The molecular weight excluding hydrogens is 241 g/mol. The third-order valence-electron chi connectivity index (χ3n) is 3.69. The van der Waals surface area contributed by atoms with Crippen LogP contribution >= 0.6 is 0 Å². The normalized spacial score (nSPS) is 14.4. The molecule has 1 aromatic heterocycles. The zero-order valence-electron chi connectivity index (χ0n) is 11.6. The highest BCUT2D eigenvalue weighted by Crippen LogP contribution is 2.27. The number of hydrogen-bond donors (Lipinski definition) is 1. The van der Waals surface area contributed by atoms with Crippen molar-refractivity contribution in [2.24, 2.45) is 5.73 Å². The first-order valence-corrected chi connectivity index (χ1v) is 6.56. The fraction of sp³-hybridized carbons (Fsp3) is 0.400. The van der Waals surface area contributed by atoms with Crippen LogP contribution < -0.4 is 5.73 Å². The summed E-state index contributed by atoms with van der Waals surface area (Å²) in [5.74, 6) is -0.220. The van der Waals surface area contributed by atoms with Crippen LogP contribution in [0.4, 0.5) is 4.39 Å². The van der Waals surface area contributed by atoms with Gasteiger partial charge in [0.25, 0.3) is 0 Å². The van der Waals surface area contributed by atoms with Crippen LogP contribution in [-0.2, 0) is 0 Å². The number of imidazole rings is 1. The summed E-state index contributed by atoms with van der Waals surface area (Å²) in [4.78, 5) is 4.29. The van der Waals surface area contributed by atoms with E-state index in [1.165, 1.54) is 6.07 Å². The average molecular weight is 261 g/mol. The number of benzene rings is 1. The molecule has 102 valence electrons. The number of halogens is 1. The van der Waals surface area contributed by atoms with Gasteiger partial charge in [-0.1, -0.05) is 25.1 Å². The molecule has 0 fully saturated rings. The summed E-state index contributed by atoms with van der Waals surface area (Å²) in [6.07, 6.45) is 2.52. The van der Waals surface area contributed by atoms with Gasteiger partial charge in [-0.2, -0.15) is 0 Å². The lowest BCUT2D eigenvalue weighted by Crippen LogP contribution is -2.33. The summed E-state index contributed by atoms with van der Waals surface area (Å²) >= 11 is 0. The van der Waals surface area contributed by atoms with Crippen LogP contribution in [0.2, 0.25) is 0 Å². The second-order valence-corrected chi connectivity index (χ2v) is 4.86. The molecule has 0 bridgehead atoms. The summed E-state index contributed by atoms with van der Waals surface area (Å²) in [5, 5.41) is 0. The molecular formula is C15H20FN3. The van der Waals surface area contributed by atoms with Crippen molar-refractivity contribution in [2.75, 3.05) is 0 Å². The SMILES string of the molecule is CCC(N)C(c1ccccc1F)n1cnc(C)c1C. The Bertz CT molecular complexity index is 562.